The molecule has 0 bridgehead atoms. The Labute approximate surface area is 171 Å². The van der Waals surface area contributed by atoms with Gasteiger partial charge < -0.3 is 19.7 Å². The molecule has 3 heterocycles. The van der Waals surface area contributed by atoms with Crippen molar-refractivity contribution < 1.29 is 14.3 Å². The van der Waals surface area contributed by atoms with Gasteiger partial charge >= 0.3 is 0 Å². The molecule has 1 amide bonds. The van der Waals surface area contributed by atoms with Crippen molar-refractivity contribution in [2.24, 2.45) is 0 Å². The molecule has 0 aliphatic carbocycles. The molecule has 1 aromatic heterocycles. The Morgan fingerprint density at radius 1 is 1.00 bits per heavy atom. The summed E-state index contributed by atoms with van der Waals surface area (Å²) in [5, 5.41) is 3.31. The number of likely N-dealkylation sites (tertiary alicyclic amines) is 1. The standard InChI is InChI=1S/C22H28N4O3/c1-14-11-15(2)19(16(3)12-14)25-21-23-17(4)13-18(24-21)20(27)26-7-5-22(6-8-26)28-9-10-29-22/h11-13H,5-10H2,1-4H3,(H,23,24,25). The average molecular weight is 396 g/mol. The summed E-state index contributed by atoms with van der Waals surface area (Å²) in [7, 11) is 0. The summed E-state index contributed by atoms with van der Waals surface area (Å²) < 4.78 is 11.5. The topological polar surface area (TPSA) is 76.6 Å². The lowest BCUT2D eigenvalue weighted by molar-refractivity contribution is -0.181. The maximum atomic E-state index is 13.1. The summed E-state index contributed by atoms with van der Waals surface area (Å²) in [6, 6.07) is 5.98. The SMILES string of the molecule is Cc1cc(C)c(Nc2nc(C)cc(C(=O)N3CCC4(CC3)OCCO4)n2)c(C)c1. The summed E-state index contributed by atoms with van der Waals surface area (Å²) in [5.74, 6) is -0.130. The fraction of sp³-hybridized carbons (Fsp3) is 0.500. The van der Waals surface area contributed by atoms with Gasteiger partial charge in [0.1, 0.15) is 5.69 Å². The molecule has 2 aliphatic heterocycles. The van der Waals surface area contributed by atoms with Gasteiger partial charge in [-0.25, -0.2) is 9.97 Å². The van der Waals surface area contributed by atoms with E-state index in [1.54, 1.807) is 6.07 Å². The normalized spacial score (nSPS) is 18.3. The Morgan fingerprint density at radius 2 is 1.62 bits per heavy atom. The van der Waals surface area contributed by atoms with E-state index in [1.165, 1.54) is 5.56 Å². The molecular weight excluding hydrogens is 368 g/mol. The third kappa shape index (κ3) is 4.11. The second-order valence-electron chi connectivity index (χ2n) is 8.02. The lowest BCUT2D eigenvalue weighted by atomic mass is 10.0. The van der Waals surface area contributed by atoms with Gasteiger partial charge in [-0.1, -0.05) is 17.7 Å². The molecule has 0 unspecified atom stereocenters. The molecule has 0 saturated carbocycles. The van der Waals surface area contributed by atoms with Crippen molar-refractivity contribution in [3.8, 4) is 0 Å². The number of rotatable bonds is 3. The molecule has 29 heavy (non-hydrogen) atoms. The van der Waals surface area contributed by atoms with Crippen LogP contribution in [0.5, 0.6) is 0 Å². The van der Waals surface area contributed by atoms with Gasteiger partial charge in [-0.3, -0.25) is 4.79 Å². The summed E-state index contributed by atoms with van der Waals surface area (Å²) >= 11 is 0. The highest BCUT2D eigenvalue weighted by atomic mass is 16.7. The van der Waals surface area contributed by atoms with Crippen LogP contribution in [0.4, 0.5) is 11.6 Å². The number of hydrogen-bond acceptors (Lipinski definition) is 6. The smallest absolute Gasteiger partial charge is 0.272 e. The second-order valence-corrected chi connectivity index (χ2v) is 8.02. The predicted octanol–water partition coefficient (Wildman–Crippen LogP) is 3.43. The van der Waals surface area contributed by atoms with Crippen molar-refractivity contribution in [2.75, 3.05) is 31.6 Å². The second kappa shape index (κ2) is 7.72. The maximum Gasteiger partial charge on any atom is 0.272 e. The third-order valence-electron chi connectivity index (χ3n) is 5.61. The van der Waals surface area contributed by atoms with Crippen LogP contribution in [0, 0.1) is 27.7 Å². The number of hydrogen-bond donors (Lipinski definition) is 1. The van der Waals surface area contributed by atoms with Gasteiger partial charge in [0, 0.05) is 37.3 Å². The van der Waals surface area contributed by atoms with E-state index in [9.17, 15) is 4.79 Å². The van der Waals surface area contributed by atoms with Crippen molar-refractivity contribution in [3.63, 3.8) is 0 Å². The van der Waals surface area contributed by atoms with E-state index in [2.05, 4.69) is 48.2 Å². The van der Waals surface area contributed by atoms with E-state index in [4.69, 9.17) is 9.47 Å². The van der Waals surface area contributed by atoms with Gasteiger partial charge in [0.05, 0.1) is 13.2 Å². The number of ether oxygens (including phenoxy) is 2. The molecule has 7 heteroatoms. The lowest BCUT2D eigenvalue weighted by Crippen LogP contribution is -2.47. The van der Waals surface area contributed by atoms with E-state index >= 15 is 0 Å². The van der Waals surface area contributed by atoms with Crippen molar-refractivity contribution in [1.29, 1.82) is 0 Å². The molecule has 1 N–H and O–H groups in total. The average Bonchev–Trinajstić information content (AvgIpc) is 3.12. The number of aromatic nitrogens is 2. The van der Waals surface area contributed by atoms with Gasteiger partial charge in [0.25, 0.3) is 5.91 Å². The Morgan fingerprint density at radius 3 is 2.24 bits per heavy atom. The minimum Gasteiger partial charge on any atom is -0.347 e. The first kappa shape index (κ1) is 19.8. The van der Waals surface area contributed by atoms with Gasteiger partial charge in [0.2, 0.25) is 5.95 Å². The van der Waals surface area contributed by atoms with Crippen LogP contribution in [0.2, 0.25) is 0 Å². The quantitative estimate of drug-likeness (QED) is 0.857. The zero-order valence-corrected chi connectivity index (χ0v) is 17.5. The van der Waals surface area contributed by atoms with Crippen molar-refractivity contribution in [1.82, 2.24) is 14.9 Å². The van der Waals surface area contributed by atoms with Crippen LogP contribution < -0.4 is 5.32 Å². The highest BCUT2D eigenvalue weighted by molar-refractivity contribution is 5.92. The zero-order chi connectivity index (χ0) is 20.6. The first-order chi connectivity index (χ1) is 13.8. The van der Waals surface area contributed by atoms with Gasteiger partial charge in [-0.05, 0) is 44.9 Å². The summed E-state index contributed by atoms with van der Waals surface area (Å²) in [5.41, 5.74) is 5.60. The highest BCUT2D eigenvalue weighted by Crippen LogP contribution is 2.32. The number of amides is 1. The number of benzene rings is 1. The molecule has 1 spiro atoms. The molecule has 2 saturated heterocycles. The molecule has 0 radical (unpaired) electrons. The Hall–Kier alpha value is -2.51. The van der Waals surface area contributed by atoms with Crippen molar-refractivity contribution in [3.05, 3.63) is 46.3 Å². The van der Waals surface area contributed by atoms with Crippen LogP contribution in [0.1, 0.15) is 45.7 Å². The Bertz CT molecular complexity index is 905. The first-order valence-corrected chi connectivity index (χ1v) is 10.1. The first-order valence-electron chi connectivity index (χ1n) is 10.1. The number of aryl methyl sites for hydroxylation is 4. The molecule has 154 valence electrons. The Kier molecular flexibility index (Phi) is 5.27. The van der Waals surface area contributed by atoms with E-state index in [0.717, 1.165) is 22.5 Å². The van der Waals surface area contributed by atoms with Gasteiger partial charge in [-0.2, -0.15) is 0 Å². The largest absolute Gasteiger partial charge is 0.347 e. The number of piperidine rings is 1. The molecule has 2 fully saturated rings. The van der Waals surface area contributed by atoms with E-state index < -0.39 is 5.79 Å². The summed E-state index contributed by atoms with van der Waals surface area (Å²) in [6.45, 7) is 10.5. The van der Waals surface area contributed by atoms with Crippen LogP contribution >= 0.6 is 0 Å². The fourth-order valence-corrected chi connectivity index (χ4v) is 4.22. The van der Waals surface area contributed by atoms with Crippen molar-refractivity contribution >= 4 is 17.5 Å². The fourth-order valence-electron chi connectivity index (χ4n) is 4.22. The molecule has 0 atom stereocenters. The molecule has 4 rings (SSSR count). The minimum absolute atomic E-state index is 0.0799. The summed E-state index contributed by atoms with van der Waals surface area (Å²) in [4.78, 5) is 23.9. The minimum atomic E-state index is -0.494. The molecule has 2 aliphatic rings. The lowest BCUT2D eigenvalue weighted by Gasteiger charge is -2.37. The third-order valence-corrected chi connectivity index (χ3v) is 5.61. The van der Waals surface area contributed by atoms with Gasteiger partial charge in [-0.15, -0.1) is 0 Å². The zero-order valence-electron chi connectivity index (χ0n) is 17.5. The molecular formula is C22H28N4O3. The number of carbonyl (C=O) groups excluding carboxylic acids is 1. The Balaban J connectivity index is 1.52. The maximum absolute atomic E-state index is 13.1. The highest BCUT2D eigenvalue weighted by Gasteiger charge is 2.41. The van der Waals surface area contributed by atoms with Crippen LogP contribution in [-0.2, 0) is 9.47 Å². The summed E-state index contributed by atoms with van der Waals surface area (Å²) in [6.07, 6.45) is 1.38. The van der Waals surface area contributed by atoms with Gasteiger partial charge in [0.15, 0.2) is 5.79 Å². The molecule has 1 aromatic carbocycles. The number of nitrogens with one attached hydrogen (secondary N) is 1. The van der Waals surface area contributed by atoms with Crippen LogP contribution in [0.3, 0.4) is 0 Å². The van der Waals surface area contributed by atoms with E-state index in [0.29, 0.717) is 50.8 Å². The van der Waals surface area contributed by atoms with E-state index in [-0.39, 0.29) is 5.91 Å². The molecule has 2 aromatic rings. The van der Waals surface area contributed by atoms with Crippen LogP contribution in [0.15, 0.2) is 18.2 Å². The number of anilines is 2. The van der Waals surface area contributed by atoms with Crippen LogP contribution in [0.25, 0.3) is 0 Å². The van der Waals surface area contributed by atoms with Crippen LogP contribution in [-0.4, -0.2) is 52.9 Å². The predicted molar refractivity (Wildman–Crippen MR) is 110 cm³/mol. The number of nitrogens with zero attached hydrogens (tertiary/aromatic N) is 3. The number of carbonyl (C=O) groups is 1. The van der Waals surface area contributed by atoms with Crippen molar-refractivity contribution in [2.45, 2.75) is 46.3 Å². The molecule has 7 nitrogen and oxygen atoms in total. The monoisotopic (exact) mass is 396 g/mol. The van der Waals surface area contributed by atoms with E-state index in [1.807, 2.05) is 11.8 Å².